The van der Waals surface area contributed by atoms with E-state index in [1.807, 2.05) is 43.0 Å². The Morgan fingerprint density at radius 2 is 1.75 bits per heavy atom. The van der Waals surface area contributed by atoms with Gasteiger partial charge in [-0.05, 0) is 61.9 Å². The molecule has 1 fully saturated rings. The molecule has 2 aromatic heterocycles. The van der Waals surface area contributed by atoms with Crippen molar-refractivity contribution in [2.45, 2.75) is 18.7 Å². The monoisotopic (exact) mass is 509 g/mol. The maximum atomic E-state index is 13.2. The molecule has 0 bridgehead atoms. The number of ether oxygens (including phenoxy) is 2. The Bertz CT molecular complexity index is 1480. The Hall–Kier alpha value is -3.77. The van der Waals surface area contributed by atoms with E-state index in [9.17, 15) is 8.42 Å². The van der Waals surface area contributed by atoms with Gasteiger partial charge in [0.05, 0.1) is 24.3 Å². The molecule has 4 aromatic rings. The van der Waals surface area contributed by atoms with Gasteiger partial charge >= 0.3 is 0 Å². The van der Waals surface area contributed by atoms with Crippen molar-refractivity contribution in [3.05, 3.63) is 54.4 Å². The van der Waals surface area contributed by atoms with Crippen LogP contribution in [0.2, 0.25) is 0 Å². The summed E-state index contributed by atoms with van der Waals surface area (Å²) in [5, 5.41) is 8.63. The summed E-state index contributed by atoms with van der Waals surface area (Å²) in [6.07, 6.45) is 1.48. The second-order valence-corrected chi connectivity index (χ2v) is 10.3. The summed E-state index contributed by atoms with van der Waals surface area (Å²) in [5.74, 6) is 2.07. The fraction of sp³-hybridized carbons (Fsp3) is 0.333. The average Bonchev–Trinajstić information content (AvgIpc) is 3.34. The topological polar surface area (TPSA) is 116 Å². The molecule has 188 valence electrons. The summed E-state index contributed by atoms with van der Waals surface area (Å²) in [6.45, 7) is 5.95. The highest BCUT2D eigenvalue weighted by Gasteiger charge is 2.30. The van der Waals surface area contributed by atoms with Gasteiger partial charge in [0, 0.05) is 26.2 Å². The second kappa shape index (κ2) is 9.70. The van der Waals surface area contributed by atoms with E-state index < -0.39 is 10.0 Å². The Morgan fingerprint density at radius 3 is 2.42 bits per heavy atom. The third-order valence-corrected chi connectivity index (χ3v) is 8.05. The van der Waals surface area contributed by atoms with Crippen molar-refractivity contribution in [1.82, 2.24) is 29.3 Å². The van der Waals surface area contributed by atoms with Crippen LogP contribution in [0.3, 0.4) is 0 Å². The molecule has 11 nitrogen and oxygen atoms in total. The summed E-state index contributed by atoms with van der Waals surface area (Å²) in [4.78, 5) is 11.1. The van der Waals surface area contributed by atoms with Gasteiger partial charge in [-0.3, -0.25) is 0 Å². The van der Waals surface area contributed by atoms with Crippen LogP contribution >= 0.6 is 0 Å². The number of aromatic nitrogens is 5. The van der Waals surface area contributed by atoms with E-state index in [2.05, 4.69) is 20.3 Å². The van der Waals surface area contributed by atoms with Crippen LogP contribution in [0.1, 0.15) is 12.5 Å². The Balaban J connectivity index is 1.35. The number of fused-ring (bicyclic) bond motifs is 1. The zero-order chi connectivity index (χ0) is 25.3. The molecule has 0 saturated carbocycles. The highest BCUT2D eigenvalue weighted by atomic mass is 32.2. The quantitative estimate of drug-likeness (QED) is 0.370. The van der Waals surface area contributed by atoms with Gasteiger partial charge in [0.2, 0.25) is 10.0 Å². The molecule has 0 unspecified atom stereocenters. The highest BCUT2D eigenvalue weighted by molar-refractivity contribution is 7.89. The largest absolute Gasteiger partial charge is 0.496 e. The van der Waals surface area contributed by atoms with Gasteiger partial charge in [-0.1, -0.05) is 5.21 Å². The third kappa shape index (κ3) is 4.33. The molecular weight excluding hydrogens is 482 g/mol. The minimum atomic E-state index is -3.62. The van der Waals surface area contributed by atoms with E-state index in [0.29, 0.717) is 55.5 Å². The lowest BCUT2D eigenvalue weighted by atomic mass is 10.2. The SMILES string of the molecule is CCOc1ccc(-n2nnc3c(N4CCN(S(=O)(=O)c5ccc(OC)c(C)c5)CC4)ncnc32)cc1. The van der Waals surface area contributed by atoms with Crippen molar-refractivity contribution in [2.24, 2.45) is 0 Å². The number of rotatable bonds is 7. The maximum Gasteiger partial charge on any atom is 0.243 e. The number of nitrogens with zero attached hydrogens (tertiary/aromatic N) is 7. The Labute approximate surface area is 209 Å². The second-order valence-electron chi connectivity index (χ2n) is 8.32. The van der Waals surface area contributed by atoms with Gasteiger partial charge in [-0.25, -0.2) is 18.4 Å². The van der Waals surface area contributed by atoms with Gasteiger partial charge < -0.3 is 14.4 Å². The first kappa shape index (κ1) is 23.9. The fourth-order valence-electron chi connectivity index (χ4n) is 4.29. The van der Waals surface area contributed by atoms with E-state index in [4.69, 9.17) is 9.47 Å². The fourth-order valence-corrected chi connectivity index (χ4v) is 5.80. The smallest absolute Gasteiger partial charge is 0.243 e. The predicted molar refractivity (Wildman–Crippen MR) is 134 cm³/mol. The maximum absolute atomic E-state index is 13.2. The van der Waals surface area contributed by atoms with Gasteiger partial charge in [-0.2, -0.15) is 8.99 Å². The van der Waals surface area contributed by atoms with Gasteiger partial charge in [0.25, 0.3) is 0 Å². The van der Waals surface area contributed by atoms with Crippen LogP contribution in [0.4, 0.5) is 5.82 Å². The van der Waals surface area contributed by atoms with Crippen LogP contribution in [-0.4, -0.2) is 77.6 Å². The molecule has 3 heterocycles. The average molecular weight is 510 g/mol. The first-order valence-electron chi connectivity index (χ1n) is 11.6. The lowest BCUT2D eigenvalue weighted by Crippen LogP contribution is -2.49. The molecule has 0 atom stereocenters. The van der Waals surface area contributed by atoms with Crippen LogP contribution < -0.4 is 14.4 Å². The number of piperazine rings is 1. The predicted octanol–water partition coefficient (Wildman–Crippen LogP) is 2.44. The molecule has 0 amide bonds. The van der Waals surface area contributed by atoms with Crippen molar-refractivity contribution >= 4 is 27.0 Å². The van der Waals surface area contributed by atoms with Gasteiger partial charge in [-0.15, -0.1) is 5.10 Å². The summed E-state index contributed by atoms with van der Waals surface area (Å²) in [6, 6.07) is 12.5. The first-order valence-corrected chi connectivity index (χ1v) is 13.1. The van der Waals surface area contributed by atoms with Crippen LogP contribution in [0, 0.1) is 6.92 Å². The summed E-state index contributed by atoms with van der Waals surface area (Å²) in [7, 11) is -2.06. The standard InChI is InChI=1S/C24H27N7O4S/c1-4-35-19-7-5-18(6-8-19)31-24-22(27-28-31)23(25-16-26-24)29-11-13-30(14-12-29)36(32,33)20-9-10-21(34-3)17(2)15-20/h5-10,15-16H,4,11-14H2,1-3H3. The normalized spacial score (nSPS) is 14.8. The number of anilines is 1. The molecule has 2 aromatic carbocycles. The minimum absolute atomic E-state index is 0.261. The molecule has 1 saturated heterocycles. The molecular formula is C24H27N7O4S. The van der Waals surface area contributed by atoms with Gasteiger partial charge in [0.1, 0.15) is 17.8 Å². The lowest BCUT2D eigenvalue weighted by molar-refractivity contribution is 0.340. The zero-order valence-corrected chi connectivity index (χ0v) is 21.1. The number of aryl methyl sites for hydroxylation is 1. The molecule has 0 radical (unpaired) electrons. The molecule has 0 aliphatic carbocycles. The molecule has 0 spiro atoms. The summed E-state index contributed by atoms with van der Waals surface area (Å²) in [5.41, 5.74) is 2.72. The number of hydrogen-bond donors (Lipinski definition) is 0. The highest BCUT2D eigenvalue weighted by Crippen LogP contribution is 2.27. The van der Waals surface area contributed by atoms with Crippen molar-refractivity contribution in [1.29, 1.82) is 0 Å². The number of hydrogen-bond acceptors (Lipinski definition) is 9. The number of methoxy groups -OCH3 is 1. The van der Waals surface area contributed by atoms with Crippen LogP contribution in [0.25, 0.3) is 16.9 Å². The molecule has 1 aliphatic rings. The van der Waals surface area contributed by atoms with Gasteiger partial charge in [0.15, 0.2) is 17.0 Å². The number of sulfonamides is 1. The Kier molecular flexibility index (Phi) is 6.46. The molecule has 1 aliphatic heterocycles. The van der Waals surface area contributed by atoms with E-state index in [-0.39, 0.29) is 4.90 Å². The first-order chi connectivity index (χ1) is 17.4. The minimum Gasteiger partial charge on any atom is -0.496 e. The summed E-state index contributed by atoms with van der Waals surface area (Å²) < 4.78 is 40.4. The van der Waals surface area contributed by atoms with E-state index in [1.165, 1.54) is 10.6 Å². The number of benzene rings is 2. The van der Waals surface area contributed by atoms with E-state index in [0.717, 1.165) is 17.0 Å². The lowest BCUT2D eigenvalue weighted by Gasteiger charge is -2.34. The van der Waals surface area contributed by atoms with Crippen molar-refractivity contribution in [3.63, 3.8) is 0 Å². The molecule has 0 N–H and O–H groups in total. The molecule has 36 heavy (non-hydrogen) atoms. The third-order valence-electron chi connectivity index (χ3n) is 6.15. The van der Waals surface area contributed by atoms with Crippen molar-refractivity contribution in [2.75, 3.05) is 44.8 Å². The van der Waals surface area contributed by atoms with E-state index in [1.54, 1.807) is 30.0 Å². The Morgan fingerprint density at radius 1 is 1.00 bits per heavy atom. The molecule has 5 rings (SSSR count). The zero-order valence-electron chi connectivity index (χ0n) is 20.3. The van der Waals surface area contributed by atoms with Crippen molar-refractivity contribution < 1.29 is 17.9 Å². The van der Waals surface area contributed by atoms with Crippen LogP contribution in [0.5, 0.6) is 11.5 Å². The van der Waals surface area contributed by atoms with Crippen molar-refractivity contribution in [3.8, 4) is 17.2 Å². The van der Waals surface area contributed by atoms with Crippen LogP contribution in [-0.2, 0) is 10.0 Å². The molecule has 12 heteroatoms. The van der Waals surface area contributed by atoms with Crippen LogP contribution in [0.15, 0.2) is 53.7 Å². The van der Waals surface area contributed by atoms with E-state index >= 15 is 0 Å². The summed E-state index contributed by atoms with van der Waals surface area (Å²) >= 11 is 0.